The van der Waals surface area contributed by atoms with Crippen molar-refractivity contribution in [3.63, 3.8) is 0 Å². The lowest BCUT2D eigenvalue weighted by Crippen LogP contribution is -2.41. The Balaban J connectivity index is 1.81. The molecule has 122 valence electrons. The molecule has 3 rings (SSSR count). The second-order valence-corrected chi connectivity index (χ2v) is 6.68. The van der Waals surface area contributed by atoms with Gasteiger partial charge in [0.15, 0.2) is 0 Å². The highest BCUT2D eigenvalue weighted by Crippen LogP contribution is 2.38. The molecule has 0 aliphatic heterocycles. The van der Waals surface area contributed by atoms with Gasteiger partial charge in [-0.1, -0.05) is 11.6 Å². The van der Waals surface area contributed by atoms with E-state index in [-0.39, 0.29) is 24.0 Å². The van der Waals surface area contributed by atoms with Crippen molar-refractivity contribution in [1.82, 2.24) is 15.1 Å². The summed E-state index contributed by atoms with van der Waals surface area (Å²) in [6.07, 6.45) is 4.79. The lowest BCUT2D eigenvalue weighted by atomic mass is 9.75. The number of nitrogens with zero attached hydrogens (tertiary/aromatic N) is 2. The van der Waals surface area contributed by atoms with Crippen LogP contribution in [0.3, 0.4) is 0 Å². The summed E-state index contributed by atoms with van der Waals surface area (Å²) in [5.41, 5.74) is 2.42. The molecule has 1 aromatic heterocycles. The highest BCUT2D eigenvalue weighted by Gasteiger charge is 2.36. The lowest BCUT2D eigenvalue weighted by molar-refractivity contribution is 0.0235. The Labute approximate surface area is 140 Å². The number of rotatable bonds is 4. The van der Waals surface area contributed by atoms with Gasteiger partial charge in [0.25, 0.3) is 5.91 Å². The van der Waals surface area contributed by atoms with Crippen LogP contribution in [-0.4, -0.2) is 26.9 Å². The average Bonchev–Trinajstić information content (AvgIpc) is 2.88. The predicted molar refractivity (Wildman–Crippen MR) is 88.3 cm³/mol. The largest absolute Gasteiger partial charge is 0.393 e. The van der Waals surface area contributed by atoms with E-state index in [0.29, 0.717) is 23.4 Å². The molecule has 6 heteroatoms. The molecule has 0 unspecified atom stereocenters. The first-order chi connectivity index (χ1) is 10.9. The van der Waals surface area contributed by atoms with Crippen LogP contribution >= 0.6 is 11.6 Å². The standard InChI is InChI=1S/C17H20ClN3O2/c1-10-5-13(18)3-4-15(10)17(23)20-16(11-6-14(22)7-11)12-8-19-21(2)9-12/h3-5,8-9,11,14,16,22H,6-7H2,1-2H3,(H,20,23)/t11?,14?,16-/m1/s1. The molecule has 1 heterocycles. The van der Waals surface area contributed by atoms with Crippen molar-refractivity contribution < 1.29 is 9.90 Å². The first-order valence-electron chi connectivity index (χ1n) is 7.67. The Bertz CT molecular complexity index is 722. The number of amides is 1. The molecule has 1 aliphatic carbocycles. The van der Waals surface area contributed by atoms with Crippen molar-refractivity contribution >= 4 is 17.5 Å². The molecule has 2 aromatic rings. The third kappa shape index (κ3) is 3.41. The van der Waals surface area contributed by atoms with Gasteiger partial charge in [-0.2, -0.15) is 5.10 Å². The van der Waals surface area contributed by atoms with Gasteiger partial charge >= 0.3 is 0 Å². The maximum atomic E-state index is 12.6. The molecule has 5 nitrogen and oxygen atoms in total. The number of hydrogen-bond donors (Lipinski definition) is 2. The molecular weight excluding hydrogens is 314 g/mol. The molecule has 1 aliphatic rings. The number of aliphatic hydroxyl groups is 1. The van der Waals surface area contributed by atoms with Gasteiger partial charge in [0.2, 0.25) is 0 Å². The van der Waals surface area contributed by atoms with Gasteiger partial charge in [0, 0.05) is 29.4 Å². The van der Waals surface area contributed by atoms with Crippen molar-refractivity contribution in [2.45, 2.75) is 31.9 Å². The number of aromatic nitrogens is 2. The fourth-order valence-corrected chi connectivity index (χ4v) is 3.30. The van der Waals surface area contributed by atoms with E-state index in [1.807, 2.05) is 20.2 Å². The summed E-state index contributed by atoms with van der Waals surface area (Å²) in [7, 11) is 1.85. The van der Waals surface area contributed by atoms with Gasteiger partial charge in [-0.25, -0.2) is 0 Å². The summed E-state index contributed by atoms with van der Waals surface area (Å²) < 4.78 is 1.72. The topological polar surface area (TPSA) is 67.2 Å². The summed E-state index contributed by atoms with van der Waals surface area (Å²) in [6, 6.07) is 5.09. The zero-order valence-corrected chi connectivity index (χ0v) is 13.9. The number of aliphatic hydroxyl groups excluding tert-OH is 1. The zero-order chi connectivity index (χ0) is 16.6. The molecule has 1 saturated carbocycles. The highest BCUT2D eigenvalue weighted by molar-refractivity contribution is 6.30. The van der Waals surface area contributed by atoms with E-state index in [1.54, 1.807) is 29.1 Å². The molecule has 1 aromatic carbocycles. The van der Waals surface area contributed by atoms with Crippen LogP contribution in [0.25, 0.3) is 0 Å². The molecule has 0 saturated heterocycles. The van der Waals surface area contributed by atoms with E-state index >= 15 is 0 Å². The maximum absolute atomic E-state index is 12.6. The van der Waals surface area contributed by atoms with Crippen LogP contribution in [0.2, 0.25) is 5.02 Å². The number of aryl methyl sites for hydroxylation is 2. The molecule has 1 fully saturated rings. The Morgan fingerprint density at radius 1 is 1.48 bits per heavy atom. The monoisotopic (exact) mass is 333 g/mol. The van der Waals surface area contributed by atoms with Crippen LogP contribution in [0.4, 0.5) is 0 Å². The third-order valence-corrected chi connectivity index (χ3v) is 4.66. The molecule has 0 radical (unpaired) electrons. The first kappa shape index (κ1) is 16.0. The van der Waals surface area contributed by atoms with Gasteiger partial charge in [-0.15, -0.1) is 0 Å². The maximum Gasteiger partial charge on any atom is 0.252 e. The number of benzene rings is 1. The summed E-state index contributed by atoms with van der Waals surface area (Å²) in [5.74, 6) is 0.0974. The minimum atomic E-state index is -0.270. The van der Waals surface area contributed by atoms with Crippen LogP contribution in [0.15, 0.2) is 30.6 Å². The van der Waals surface area contributed by atoms with Gasteiger partial charge < -0.3 is 10.4 Å². The fourth-order valence-electron chi connectivity index (χ4n) is 3.08. The molecule has 0 bridgehead atoms. The van der Waals surface area contributed by atoms with E-state index in [1.165, 1.54) is 0 Å². The van der Waals surface area contributed by atoms with Gasteiger partial charge in [-0.05, 0) is 49.4 Å². The zero-order valence-electron chi connectivity index (χ0n) is 13.2. The first-order valence-corrected chi connectivity index (χ1v) is 8.05. The van der Waals surface area contributed by atoms with Crippen LogP contribution in [0.5, 0.6) is 0 Å². The normalized spacial score (nSPS) is 21.6. The number of carbonyl (C=O) groups is 1. The molecule has 1 atom stereocenters. The van der Waals surface area contributed by atoms with Crippen molar-refractivity contribution in [3.8, 4) is 0 Å². The van der Waals surface area contributed by atoms with Crippen molar-refractivity contribution in [2.75, 3.05) is 0 Å². The Kier molecular flexibility index (Phi) is 4.41. The van der Waals surface area contributed by atoms with Crippen LogP contribution in [0.1, 0.15) is 40.4 Å². The smallest absolute Gasteiger partial charge is 0.252 e. The third-order valence-electron chi connectivity index (χ3n) is 4.42. The van der Waals surface area contributed by atoms with E-state index in [2.05, 4.69) is 10.4 Å². The summed E-state index contributed by atoms with van der Waals surface area (Å²) >= 11 is 5.95. The molecule has 2 N–H and O–H groups in total. The van der Waals surface area contributed by atoms with E-state index in [9.17, 15) is 9.90 Å². The van der Waals surface area contributed by atoms with Crippen LogP contribution in [-0.2, 0) is 7.05 Å². The minimum absolute atomic E-state index is 0.130. The quantitative estimate of drug-likeness (QED) is 0.903. The second-order valence-electron chi connectivity index (χ2n) is 6.24. The number of carbonyl (C=O) groups excluding carboxylic acids is 1. The summed E-state index contributed by atoms with van der Waals surface area (Å²) in [5, 5.41) is 17.5. The van der Waals surface area contributed by atoms with E-state index in [0.717, 1.165) is 11.1 Å². The number of nitrogens with one attached hydrogen (secondary N) is 1. The Morgan fingerprint density at radius 3 is 2.78 bits per heavy atom. The van der Waals surface area contributed by atoms with Gasteiger partial charge in [-0.3, -0.25) is 9.48 Å². The predicted octanol–water partition coefficient (Wildman–Crippen LogP) is 2.62. The lowest BCUT2D eigenvalue weighted by Gasteiger charge is -2.37. The van der Waals surface area contributed by atoms with E-state index in [4.69, 9.17) is 11.6 Å². The number of halogens is 1. The summed E-state index contributed by atoms with van der Waals surface area (Å²) in [6.45, 7) is 1.87. The van der Waals surface area contributed by atoms with Gasteiger partial charge in [0.05, 0.1) is 18.3 Å². The van der Waals surface area contributed by atoms with Gasteiger partial charge in [0.1, 0.15) is 0 Å². The van der Waals surface area contributed by atoms with Crippen LogP contribution in [0, 0.1) is 12.8 Å². The minimum Gasteiger partial charge on any atom is -0.393 e. The second kappa shape index (κ2) is 6.34. The summed E-state index contributed by atoms with van der Waals surface area (Å²) in [4.78, 5) is 12.6. The average molecular weight is 334 g/mol. The Hall–Kier alpha value is -1.85. The molecule has 1 amide bonds. The van der Waals surface area contributed by atoms with Crippen molar-refractivity contribution in [2.24, 2.45) is 13.0 Å². The van der Waals surface area contributed by atoms with Crippen molar-refractivity contribution in [3.05, 3.63) is 52.3 Å². The van der Waals surface area contributed by atoms with Crippen molar-refractivity contribution in [1.29, 1.82) is 0 Å². The van der Waals surface area contributed by atoms with E-state index < -0.39 is 0 Å². The highest BCUT2D eigenvalue weighted by atomic mass is 35.5. The number of hydrogen-bond acceptors (Lipinski definition) is 3. The Morgan fingerprint density at radius 2 is 2.22 bits per heavy atom. The SMILES string of the molecule is Cc1cc(Cl)ccc1C(=O)N[C@@H](c1cnn(C)c1)C1CC(O)C1. The molecular formula is C17H20ClN3O2. The van der Waals surface area contributed by atoms with Crippen LogP contribution < -0.4 is 5.32 Å². The molecule has 23 heavy (non-hydrogen) atoms. The fraction of sp³-hybridized carbons (Fsp3) is 0.412. The molecule has 0 spiro atoms.